The first-order chi connectivity index (χ1) is 18.9. The number of benzene rings is 1. The minimum absolute atomic E-state index is 0.207. The van der Waals surface area contributed by atoms with Crippen LogP contribution < -0.4 is 15.0 Å². The Labute approximate surface area is 240 Å². The number of piperidine rings is 1. The minimum Gasteiger partial charge on any atom is -0.476 e. The molecule has 1 aromatic rings. The van der Waals surface area contributed by atoms with Crippen molar-refractivity contribution in [2.24, 2.45) is 0 Å². The SMILES string of the molecule is Cc1cc2c(cc1C(=O)N(C(C)C)[C@@H]1CCCN(C(=O)OC(C)(C)C)C1)N(CC(=O)NCC(F)F)C(=O)C(C)(C)O2. The van der Waals surface area contributed by atoms with Crippen molar-refractivity contribution in [3.05, 3.63) is 23.3 Å². The molecule has 1 fully saturated rings. The summed E-state index contributed by atoms with van der Waals surface area (Å²) in [5, 5.41) is 2.12. The van der Waals surface area contributed by atoms with Crippen molar-refractivity contribution < 1.29 is 37.4 Å². The topological polar surface area (TPSA) is 108 Å². The number of likely N-dealkylation sites (tertiary alicyclic amines) is 1. The van der Waals surface area contributed by atoms with Crippen molar-refractivity contribution in [1.29, 1.82) is 0 Å². The highest BCUT2D eigenvalue weighted by Gasteiger charge is 2.43. The number of ether oxygens (including phenoxy) is 2. The second-order valence-electron chi connectivity index (χ2n) is 12.4. The molecule has 2 heterocycles. The molecule has 4 amide bonds. The molecule has 2 aliphatic heterocycles. The zero-order valence-electron chi connectivity index (χ0n) is 25.2. The molecule has 12 heteroatoms. The largest absolute Gasteiger partial charge is 0.476 e. The number of nitrogens with zero attached hydrogens (tertiary/aromatic N) is 3. The van der Waals surface area contributed by atoms with Crippen LogP contribution in [-0.4, -0.2) is 89.5 Å². The number of aryl methyl sites for hydroxylation is 1. The molecule has 1 N–H and O–H groups in total. The Bertz CT molecular complexity index is 1180. The van der Waals surface area contributed by atoms with Gasteiger partial charge < -0.3 is 24.6 Å². The fourth-order valence-corrected chi connectivity index (χ4v) is 5.13. The second-order valence-corrected chi connectivity index (χ2v) is 12.4. The number of carbonyl (C=O) groups excluding carboxylic acids is 4. The monoisotopic (exact) mass is 580 g/mol. The van der Waals surface area contributed by atoms with Crippen LogP contribution in [0.15, 0.2) is 12.1 Å². The third-order valence-electron chi connectivity index (χ3n) is 6.94. The maximum Gasteiger partial charge on any atom is 0.410 e. The molecule has 2 aliphatic rings. The molecule has 0 radical (unpaired) electrons. The number of fused-ring (bicyclic) bond motifs is 1. The first-order valence-electron chi connectivity index (χ1n) is 13.9. The van der Waals surface area contributed by atoms with E-state index in [0.29, 0.717) is 42.8 Å². The maximum atomic E-state index is 14.1. The van der Waals surface area contributed by atoms with Crippen LogP contribution in [0.5, 0.6) is 5.75 Å². The summed E-state index contributed by atoms with van der Waals surface area (Å²) in [6, 6.07) is 2.68. The van der Waals surface area contributed by atoms with Crippen molar-refractivity contribution in [3.8, 4) is 5.75 Å². The molecule has 41 heavy (non-hydrogen) atoms. The van der Waals surface area contributed by atoms with E-state index in [2.05, 4.69) is 5.32 Å². The van der Waals surface area contributed by atoms with Gasteiger partial charge in [0.15, 0.2) is 5.60 Å². The third kappa shape index (κ3) is 7.65. The van der Waals surface area contributed by atoms with Crippen molar-refractivity contribution in [1.82, 2.24) is 15.1 Å². The zero-order chi connectivity index (χ0) is 30.9. The number of nitrogens with one attached hydrogen (secondary N) is 1. The summed E-state index contributed by atoms with van der Waals surface area (Å²) in [4.78, 5) is 57.1. The molecule has 0 unspecified atom stereocenters. The number of hydrogen-bond acceptors (Lipinski definition) is 6. The average Bonchev–Trinajstić information content (AvgIpc) is 2.84. The van der Waals surface area contributed by atoms with Crippen LogP contribution in [0.25, 0.3) is 0 Å². The molecule has 0 saturated carbocycles. The van der Waals surface area contributed by atoms with Crippen molar-refractivity contribution in [2.45, 2.75) is 97.9 Å². The van der Waals surface area contributed by atoms with Gasteiger partial charge in [-0.05, 0) is 85.9 Å². The van der Waals surface area contributed by atoms with Gasteiger partial charge >= 0.3 is 6.09 Å². The lowest BCUT2D eigenvalue weighted by Crippen LogP contribution is -2.55. The van der Waals surface area contributed by atoms with Crippen LogP contribution >= 0.6 is 0 Å². The van der Waals surface area contributed by atoms with E-state index in [9.17, 15) is 28.0 Å². The number of anilines is 1. The molecule has 0 spiro atoms. The van der Waals surface area contributed by atoms with E-state index in [0.717, 1.165) is 0 Å². The lowest BCUT2D eigenvalue weighted by molar-refractivity contribution is -0.134. The van der Waals surface area contributed by atoms with Gasteiger partial charge in [0, 0.05) is 24.7 Å². The van der Waals surface area contributed by atoms with E-state index in [1.54, 1.807) is 57.4 Å². The third-order valence-corrected chi connectivity index (χ3v) is 6.94. The Balaban J connectivity index is 1.94. The predicted molar refractivity (Wildman–Crippen MR) is 149 cm³/mol. The van der Waals surface area contributed by atoms with Crippen LogP contribution in [-0.2, 0) is 14.3 Å². The summed E-state index contributed by atoms with van der Waals surface area (Å²) < 4.78 is 36.8. The van der Waals surface area contributed by atoms with Crippen molar-refractivity contribution in [2.75, 3.05) is 31.1 Å². The van der Waals surface area contributed by atoms with E-state index in [1.807, 2.05) is 13.8 Å². The number of rotatable bonds is 7. The van der Waals surface area contributed by atoms with Crippen LogP contribution in [0.1, 0.15) is 77.2 Å². The van der Waals surface area contributed by atoms with E-state index in [1.165, 1.54) is 11.0 Å². The number of carbonyl (C=O) groups is 4. The van der Waals surface area contributed by atoms with Gasteiger partial charge in [0.25, 0.3) is 18.2 Å². The molecule has 228 valence electrons. The van der Waals surface area contributed by atoms with Crippen LogP contribution in [0.2, 0.25) is 0 Å². The summed E-state index contributed by atoms with van der Waals surface area (Å²) in [6.07, 6.45) is -1.77. The molecule has 3 rings (SSSR count). The molecular formula is C29H42F2N4O6. The fourth-order valence-electron chi connectivity index (χ4n) is 5.13. The Morgan fingerprint density at radius 2 is 1.88 bits per heavy atom. The van der Waals surface area contributed by atoms with Gasteiger partial charge in [-0.2, -0.15) is 0 Å². The molecule has 1 saturated heterocycles. The van der Waals surface area contributed by atoms with E-state index in [-0.39, 0.29) is 23.7 Å². The summed E-state index contributed by atoms with van der Waals surface area (Å²) >= 11 is 0. The zero-order valence-corrected chi connectivity index (χ0v) is 25.2. The summed E-state index contributed by atoms with van der Waals surface area (Å²) in [7, 11) is 0. The van der Waals surface area contributed by atoms with E-state index in [4.69, 9.17) is 9.47 Å². The number of alkyl halides is 2. The first kappa shape index (κ1) is 32.1. The highest BCUT2D eigenvalue weighted by atomic mass is 19.3. The molecular weight excluding hydrogens is 538 g/mol. The Hall–Kier alpha value is -3.44. The first-order valence-corrected chi connectivity index (χ1v) is 13.9. The van der Waals surface area contributed by atoms with Gasteiger partial charge in [-0.1, -0.05) is 0 Å². The van der Waals surface area contributed by atoms with Crippen molar-refractivity contribution in [3.63, 3.8) is 0 Å². The van der Waals surface area contributed by atoms with Gasteiger partial charge in [-0.15, -0.1) is 0 Å². The lowest BCUT2D eigenvalue weighted by Gasteiger charge is -2.42. The molecule has 1 aromatic carbocycles. The highest BCUT2D eigenvalue weighted by Crippen LogP contribution is 2.40. The summed E-state index contributed by atoms with van der Waals surface area (Å²) in [5.74, 6) is -1.30. The highest BCUT2D eigenvalue weighted by molar-refractivity contribution is 6.07. The molecule has 1 atom stereocenters. The van der Waals surface area contributed by atoms with Crippen molar-refractivity contribution >= 4 is 29.5 Å². The number of amides is 4. The maximum absolute atomic E-state index is 14.1. The lowest BCUT2D eigenvalue weighted by atomic mass is 9.97. The standard InChI is InChI=1S/C29H42F2N4O6/c1-17(2)35(19-10-9-11-33(15-19)27(39)41-28(4,5)6)25(37)20-13-21-22(12-18(20)3)40-29(7,8)26(38)34(21)16-24(36)32-14-23(30)31/h12-13,17,19,23H,9-11,14-16H2,1-8H3,(H,32,36)/t19-/m1/s1. The van der Waals surface area contributed by atoms with Gasteiger partial charge in [0.1, 0.15) is 17.9 Å². The molecule has 0 aliphatic carbocycles. The second kappa shape index (κ2) is 12.2. The quantitative estimate of drug-likeness (QED) is 0.520. The molecule has 0 aromatic heterocycles. The summed E-state index contributed by atoms with van der Waals surface area (Å²) in [6.45, 7) is 13.6. The van der Waals surface area contributed by atoms with Crippen LogP contribution in [0, 0.1) is 6.92 Å². The van der Waals surface area contributed by atoms with Crippen LogP contribution in [0.3, 0.4) is 0 Å². The van der Waals surface area contributed by atoms with Crippen LogP contribution in [0.4, 0.5) is 19.3 Å². The Morgan fingerprint density at radius 1 is 1.22 bits per heavy atom. The molecule has 10 nitrogen and oxygen atoms in total. The minimum atomic E-state index is -2.73. The Morgan fingerprint density at radius 3 is 2.46 bits per heavy atom. The van der Waals surface area contributed by atoms with Gasteiger partial charge in [-0.3, -0.25) is 19.3 Å². The average molecular weight is 581 g/mol. The van der Waals surface area contributed by atoms with Gasteiger partial charge in [-0.25, -0.2) is 13.6 Å². The predicted octanol–water partition coefficient (Wildman–Crippen LogP) is 4.13. The molecule has 0 bridgehead atoms. The number of halogens is 2. The van der Waals surface area contributed by atoms with E-state index >= 15 is 0 Å². The van der Waals surface area contributed by atoms with E-state index < -0.39 is 48.6 Å². The normalized spacial score (nSPS) is 18.6. The smallest absolute Gasteiger partial charge is 0.410 e. The summed E-state index contributed by atoms with van der Waals surface area (Å²) in [5.41, 5.74) is -0.843. The van der Waals surface area contributed by atoms with Gasteiger partial charge in [0.2, 0.25) is 5.91 Å². The fraction of sp³-hybridized carbons (Fsp3) is 0.655. The van der Waals surface area contributed by atoms with Gasteiger partial charge in [0.05, 0.1) is 18.3 Å². The number of hydrogen-bond donors (Lipinski definition) is 1. The Kier molecular flexibility index (Phi) is 9.54.